The molecule has 0 heterocycles. The quantitative estimate of drug-likeness (QED) is 0.227. The van der Waals surface area contributed by atoms with Crippen molar-refractivity contribution in [2.24, 2.45) is 4.99 Å². The van der Waals surface area contributed by atoms with Crippen molar-refractivity contribution in [1.29, 1.82) is 0 Å². The molecule has 0 saturated carbocycles. The maximum absolute atomic E-state index is 4.17. The highest BCUT2D eigenvalue weighted by molar-refractivity contribution is 14.0. The predicted octanol–water partition coefficient (Wildman–Crippen LogP) is 2.88. The third-order valence-corrected chi connectivity index (χ3v) is 2.83. The Kier molecular flexibility index (Phi) is 18.4. The predicted molar refractivity (Wildman–Crippen MR) is 91.8 cm³/mol. The van der Waals surface area contributed by atoms with Gasteiger partial charge in [0.15, 0.2) is 5.96 Å². The standard InChI is InChI=1S/C12H25N3S.HI/c1-4-5-6-9-14-12(13-2)15-10-7-8-11-16-3;/h4-5H,6-11H2,1-3H3,(H2,13,14,15);1H/b5-4+;. The lowest BCUT2D eigenvalue weighted by Gasteiger charge is -2.10. The van der Waals surface area contributed by atoms with Crippen LogP contribution in [0.25, 0.3) is 0 Å². The van der Waals surface area contributed by atoms with Crippen LogP contribution in [0.1, 0.15) is 26.2 Å². The molecule has 0 amide bonds. The number of hydrogen-bond donors (Lipinski definition) is 2. The number of halogens is 1. The molecule has 0 aromatic carbocycles. The first-order chi connectivity index (χ1) is 7.85. The summed E-state index contributed by atoms with van der Waals surface area (Å²) in [7, 11) is 1.81. The molecule has 102 valence electrons. The Morgan fingerprint density at radius 1 is 1.24 bits per heavy atom. The first-order valence-electron chi connectivity index (χ1n) is 5.89. The minimum atomic E-state index is 0. The number of aliphatic imine (C=N–C) groups is 1. The van der Waals surface area contributed by atoms with Crippen LogP contribution < -0.4 is 10.6 Å². The number of guanidine groups is 1. The summed E-state index contributed by atoms with van der Waals surface area (Å²) >= 11 is 1.90. The highest BCUT2D eigenvalue weighted by atomic mass is 127. The molecule has 3 nitrogen and oxygen atoms in total. The van der Waals surface area contributed by atoms with Crippen LogP contribution in [-0.4, -0.2) is 38.1 Å². The Hall–Kier alpha value is 0.0900. The summed E-state index contributed by atoms with van der Waals surface area (Å²) in [5, 5.41) is 6.59. The smallest absolute Gasteiger partial charge is 0.190 e. The van der Waals surface area contributed by atoms with Crippen LogP contribution in [0.2, 0.25) is 0 Å². The second kappa shape index (κ2) is 16.1. The van der Waals surface area contributed by atoms with Crippen LogP contribution in [0.4, 0.5) is 0 Å². The zero-order valence-corrected chi connectivity index (χ0v) is 14.3. The van der Waals surface area contributed by atoms with E-state index in [1.807, 2.05) is 25.7 Å². The summed E-state index contributed by atoms with van der Waals surface area (Å²) in [5.74, 6) is 2.16. The Labute approximate surface area is 127 Å². The molecule has 5 heteroatoms. The molecule has 0 fully saturated rings. The number of rotatable bonds is 8. The largest absolute Gasteiger partial charge is 0.356 e. The molecule has 17 heavy (non-hydrogen) atoms. The average Bonchev–Trinajstić information content (AvgIpc) is 2.31. The van der Waals surface area contributed by atoms with Gasteiger partial charge in [0.2, 0.25) is 0 Å². The lowest BCUT2D eigenvalue weighted by atomic mass is 10.3. The number of hydrogen-bond acceptors (Lipinski definition) is 2. The van der Waals surface area contributed by atoms with Crippen molar-refractivity contribution in [3.63, 3.8) is 0 Å². The van der Waals surface area contributed by atoms with E-state index in [1.165, 1.54) is 18.6 Å². The third kappa shape index (κ3) is 14.0. The molecule has 0 atom stereocenters. The van der Waals surface area contributed by atoms with Gasteiger partial charge in [0.25, 0.3) is 0 Å². The third-order valence-electron chi connectivity index (χ3n) is 2.13. The van der Waals surface area contributed by atoms with Crippen LogP contribution in [0, 0.1) is 0 Å². The van der Waals surface area contributed by atoms with Crippen molar-refractivity contribution in [3.8, 4) is 0 Å². The maximum Gasteiger partial charge on any atom is 0.190 e. The van der Waals surface area contributed by atoms with Gasteiger partial charge in [0, 0.05) is 20.1 Å². The second-order valence-corrected chi connectivity index (χ2v) is 4.47. The molecule has 0 rings (SSSR count). The van der Waals surface area contributed by atoms with Crippen LogP contribution >= 0.6 is 35.7 Å². The van der Waals surface area contributed by atoms with Gasteiger partial charge in [-0.25, -0.2) is 0 Å². The summed E-state index contributed by atoms with van der Waals surface area (Å²) in [6.07, 6.45) is 9.89. The van der Waals surface area contributed by atoms with Gasteiger partial charge in [0.1, 0.15) is 0 Å². The van der Waals surface area contributed by atoms with E-state index in [9.17, 15) is 0 Å². The van der Waals surface area contributed by atoms with Gasteiger partial charge in [-0.15, -0.1) is 24.0 Å². The van der Waals surface area contributed by atoms with Crippen LogP contribution in [0.3, 0.4) is 0 Å². The number of nitrogens with one attached hydrogen (secondary N) is 2. The van der Waals surface area contributed by atoms with Crippen molar-refractivity contribution in [2.75, 3.05) is 32.1 Å². The van der Waals surface area contributed by atoms with Crippen molar-refractivity contribution in [2.45, 2.75) is 26.2 Å². The van der Waals surface area contributed by atoms with E-state index < -0.39 is 0 Å². The molecular weight excluding hydrogens is 345 g/mol. The lowest BCUT2D eigenvalue weighted by molar-refractivity contribution is 0.733. The van der Waals surface area contributed by atoms with Gasteiger partial charge in [-0.3, -0.25) is 4.99 Å². The number of thioether (sulfide) groups is 1. The molecule has 0 radical (unpaired) electrons. The van der Waals surface area contributed by atoms with E-state index >= 15 is 0 Å². The highest BCUT2D eigenvalue weighted by Crippen LogP contribution is 1.97. The van der Waals surface area contributed by atoms with E-state index in [-0.39, 0.29) is 24.0 Å². The van der Waals surface area contributed by atoms with Gasteiger partial charge < -0.3 is 10.6 Å². The fourth-order valence-corrected chi connectivity index (χ4v) is 1.73. The van der Waals surface area contributed by atoms with Gasteiger partial charge in [-0.05, 0) is 38.2 Å². The minimum Gasteiger partial charge on any atom is -0.356 e. The van der Waals surface area contributed by atoms with E-state index in [0.29, 0.717) is 0 Å². The van der Waals surface area contributed by atoms with E-state index in [4.69, 9.17) is 0 Å². The van der Waals surface area contributed by atoms with Crippen LogP contribution in [0.5, 0.6) is 0 Å². The normalized spacial score (nSPS) is 11.4. The molecule has 0 bridgehead atoms. The van der Waals surface area contributed by atoms with Crippen molar-refractivity contribution in [3.05, 3.63) is 12.2 Å². The molecule has 0 aromatic rings. The van der Waals surface area contributed by atoms with Crippen molar-refractivity contribution in [1.82, 2.24) is 10.6 Å². The zero-order chi connectivity index (χ0) is 12.1. The fourth-order valence-electron chi connectivity index (χ4n) is 1.24. The molecule has 0 aliphatic rings. The summed E-state index contributed by atoms with van der Waals surface area (Å²) in [6, 6.07) is 0. The van der Waals surface area contributed by atoms with Gasteiger partial charge >= 0.3 is 0 Å². The number of allylic oxidation sites excluding steroid dienone is 1. The zero-order valence-electron chi connectivity index (χ0n) is 11.2. The van der Waals surface area contributed by atoms with E-state index in [2.05, 4.69) is 34.0 Å². The highest BCUT2D eigenvalue weighted by Gasteiger charge is 1.94. The monoisotopic (exact) mass is 371 g/mol. The average molecular weight is 371 g/mol. The van der Waals surface area contributed by atoms with Crippen LogP contribution in [0.15, 0.2) is 17.1 Å². The van der Waals surface area contributed by atoms with Crippen LogP contribution in [-0.2, 0) is 0 Å². The molecule has 0 aliphatic carbocycles. The summed E-state index contributed by atoms with van der Waals surface area (Å²) in [6.45, 7) is 3.98. The van der Waals surface area contributed by atoms with Gasteiger partial charge in [-0.1, -0.05) is 12.2 Å². The summed E-state index contributed by atoms with van der Waals surface area (Å²) in [4.78, 5) is 4.17. The molecule has 0 aliphatic heterocycles. The van der Waals surface area contributed by atoms with Gasteiger partial charge in [-0.2, -0.15) is 11.8 Å². The van der Waals surface area contributed by atoms with Crippen molar-refractivity contribution >= 4 is 41.7 Å². The van der Waals surface area contributed by atoms with Gasteiger partial charge in [0.05, 0.1) is 0 Å². The molecule has 0 spiro atoms. The molecule has 0 saturated heterocycles. The van der Waals surface area contributed by atoms with Crippen molar-refractivity contribution < 1.29 is 0 Å². The summed E-state index contributed by atoms with van der Waals surface area (Å²) in [5.41, 5.74) is 0. The topological polar surface area (TPSA) is 36.4 Å². The summed E-state index contributed by atoms with van der Waals surface area (Å²) < 4.78 is 0. The number of nitrogens with zero attached hydrogens (tertiary/aromatic N) is 1. The Balaban J connectivity index is 0. The lowest BCUT2D eigenvalue weighted by Crippen LogP contribution is -2.38. The number of unbranched alkanes of at least 4 members (excludes halogenated alkanes) is 1. The van der Waals surface area contributed by atoms with E-state index in [1.54, 1.807) is 0 Å². The Morgan fingerprint density at radius 3 is 2.53 bits per heavy atom. The molecule has 0 aromatic heterocycles. The molecular formula is C12H26IN3S. The first-order valence-corrected chi connectivity index (χ1v) is 7.29. The molecule has 0 unspecified atom stereocenters. The fraction of sp³-hybridized carbons (Fsp3) is 0.750. The maximum atomic E-state index is 4.17. The second-order valence-electron chi connectivity index (χ2n) is 3.48. The van der Waals surface area contributed by atoms with E-state index in [0.717, 1.165) is 25.5 Å². The first kappa shape index (κ1) is 19.4. The SMILES string of the molecule is C/C=C/CCNC(=NC)NCCCCSC.I. The molecule has 2 N–H and O–H groups in total. The Bertz CT molecular complexity index is 208. The Morgan fingerprint density at radius 2 is 1.94 bits per heavy atom. The minimum absolute atomic E-state index is 0.